The van der Waals surface area contributed by atoms with Gasteiger partial charge in [0.2, 0.25) is 0 Å². The molecule has 2 heterocycles. The van der Waals surface area contributed by atoms with Crippen LogP contribution in [0.2, 0.25) is 0 Å². The van der Waals surface area contributed by atoms with Gasteiger partial charge in [-0.1, -0.05) is 55.5 Å². The van der Waals surface area contributed by atoms with Gasteiger partial charge in [0.15, 0.2) is 5.13 Å². The second kappa shape index (κ2) is 6.42. The molecule has 1 aromatic carbocycles. The van der Waals surface area contributed by atoms with Crippen molar-refractivity contribution in [2.24, 2.45) is 0 Å². The van der Waals surface area contributed by atoms with Gasteiger partial charge in [-0.15, -0.1) is 11.3 Å². The van der Waals surface area contributed by atoms with Crippen LogP contribution in [0, 0.1) is 0 Å². The molecule has 0 saturated carbocycles. The summed E-state index contributed by atoms with van der Waals surface area (Å²) in [5.74, 6) is 0.260. The summed E-state index contributed by atoms with van der Waals surface area (Å²) < 4.78 is 0. The van der Waals surface area contributed by atoms with Gasteiger partial charge in [0.25, 0.3) is 5.91 Å². The van der Waals surface area contributed by atoms with Crippen LogP contribution in [0.5, 0.6) is 0 Å². The van der Waals surface area contributed by atoms with Crippen molar-refractivity contribution in [1.82, 2.24) is 4.98 Å². The highest BCUT2D eigenvalue weighted by molar-refractivity contribution is 7.19. The van der Waals surface area contributed by atoms with E-state index in [-0.39, 0.29) is 5.91 Å². The number of benzene rings is 1. The summed E-state index contributed by atoms with van der Waals surface area (Å²) >= 11 is 2.96. The second-order valence-corrected chi connectivity index (χ2v) is 7.16. The predicted molar refractivity (Wildman–Crippen MR) is 93.9 cm³/mol. The zero-order valence-corrected chi connectivity index (χ0v) is 14.0. The van der Waals surface area contributed by atoms with Gasteiger partial charge in [-0.25, -0.2) is 4.98 Å². The van der Waals surface area contributed by atoms with Crippen molar-refractivity contribution >= 4 is 33.7 Å². The number of rotatable bonds is 4. The molecule has 0 saturated heterocycles. The number of hydrogen-bond donors (Lipinski definition) is 1. The number of carbonyl (C=O) groups excluding carboxylic acids is 1. The lowest BCUT2D eigenvalue weighted by molar-refractivity contribution is 0.102. The zero-order chi connectivity index (χ0) is 15.5. The first-order chi connectivity index (χ1) is 10.6. The molecule has 112 valence electrons. The van der Waals surface area contributed by atoms with Crippen molar-refractivity contribution in [3.63, 3.8) is 0 Å². The van der Waals surface area contributed by atoms with Crippen LogP contribution in [-0.2, 0) is 0 Å². The molecule has 0 radical (unpaired) electrons. The van der Waals surface area contributed by atoms with E-state index in [1.165, 1.54) is 22.7 Å². The van der Waals surface area contributed by atoms with Gasteiger partial charge in [-0.3, -0.25) is 10.1 Å². The molecule has 0 spiro atoms. The highest BCUT2D eigenvalue weighted by atomic mass is 32.1. The van der Waals surface area contributed by atoms with Crippen LogP contribution in [0.1, 0.15) is 35.0 Å². The summed E-state index contributed by atoms with van der Waals surface area (Å²) in [6.07, 6.45) is 1.80. The number of thiophene rings is 1. The minimum absolute atomic E-state index is 0.0762. The second-order valence-electron chi connectivity index (χ2n) is 5.21. The molecule has 22 heavy (non-hydrogen) atoms. The maximum Gasteiger partial charge on any atom is 0.267 e. The molecule has 0 aliphatic heterocycles. The molecule has 0 bridgehead atoms. The number of anilines is 1. The highest BCUT2D eigenvalue weighted by Crippen LogP contribution is 2.30. The molecule has 1 amide bonds. The quantitative estimate of drug-likeness (QED) is 0.711. The highest BCUT2D eigenvalue weighted by Gasteiger charge is 2.16. The SMILES string of the molecule is CC(C)c1ccsc1C(=O)Nc1ncc(-c2ccccc2)s1. The van der Waals surface area contributed by atoms with Crippen LogP contribution in [0.4, 0.5) is 5.13 Å². The maximum atomic E-state index is 12.4. The lowest BCUT2D eigenvalue weighted by Gasteiger charge is -2.06. The topological polar surface area (TPSA) is 42.0 Å². The third-order valence-electron chi connectivity index (χ3n) is 3.31. The van der Waals surface area contributed by atoms with Gasteiger partial charge in [0.1, 0.15) is 0 Å². The molecule has 3 rings (SSSR count). The first-order valence-corrected chi connectivity index (χ1v) is 8.74. The molecular formula is C17H16N2OS2. The predicted octanol–water partition coefficient (Wildman–Crippen LogP) is 5.25. The lowest BCUT2D eigenvalue weighted by atomic mass is 10.0. The Morgan fingerprint density at radius 2 is 1.95 bits per heavy atom. The van der Waals surface area contributed by atoms with E-state index in [4.69, 9.17) is 0 Å². The summed E-state index contributed by atoms with van der Waals surface area (Å²) in [4.78, 5) is 18.5. The van der Waals surface area contributed by atoms with Crippen LogP contribution >= 0.6 is 22.7 Å². The lowest BCUT2D eigenvalue weighted by Crippen LogP contribution is -2.12. The molecule has 0 unspecified atom stereocenters. The Balaban J connectivity index is 1.78. The van der Waals surface area contributed by atoms with E-state index in [0.717, 1.165) is 20.9 Å². The average molecular weight is 328 g/mol. The van der Waals surface area contributed by atoms with E-state index < -0.39 is 0 Å². The monoisotopic (exact) mass is 328 g/mol. The number of aromatic nitrogens is 1. The Kier molecular flexibility index (Phi) is 4.36. The molecule has 0 aliphatic carbocycles. The Morgan fingerprint density at radius 1 is 1.18 bits per heavy atom. The van der Waals surface area contributed by atoms with E-state index in [2.05, 4.69) is 24.1 Å². The number of hydrogen-bond acceptors (Lipinski definition) is 4. The third-order valence-corrected chi connectivity index (χ3v) is 5.20. The van der Waals surface area contributed by atoms with Gasteiger partial charge >= 0.3 is 0 Å². The molecule has 2 aromatic heterocycles. The van der Waals surface area contributed by atoms with Crippen molar-refractivity contribution in [1.29, 1.82) is 0 Å². The molecule has 0 fully saturated rings. The Bertz CT molecular complexity index is 775. The molecule has 3 aromatic rings. The molecule has 1 N–H and O–H groups in total. The van der Waals surface area contributed by atoms with Gasteiger partial charge in [-0.05, 0) is 28.5 Å². The van der Waals surface area contributed by atoms with Crippen LogP contribution in [0.15, 0.2) is 48.0 Å². The van der Waals surface area contributed by atoms with Gasteiger partial charge in [0, 0.05) is 6.20 Å². The number of carbonyl (C=O) groups is 1. The van der Waals surface area contributed by atoms with Crippen molar-refractivity contribution in [2.75, 3.05) is 5.32 Å². The van der Waals surface area contributed by atoms with Crippen LogP contribution < -0.4 is 5.32 Å². The summed E-state index contributed by atoms with van der Waals surface area (Å²) in [5, 5.41) is 5.50. The van der Waals surface area contributed by atoms with E-state index >= 15 is 0 Å². The largest absolute Gasteiger partial charge is 0.297 e. The first-order valence-electron chi connectivity index (χ1n) is 7.05. The smallest absolute Gasteiger partial charge is 0.267 e. The minimum Gasteiger partial charge on any atom is -0.297 e. The third kappa shape index (κ3) is 3.10. The van der Waals surface area contributed by atoms with Crippen molar-refractivity contribution < 1.29 is 4.79 Å². The van der Waals surface area contributed by atoms with Gasteiger partial charge < -0.3 is 0 Å². The zero-order valence-electron chi connectivity index (χ0n) is 12.4. The average Bonchev–Trinajstić information content (AvgIpc) is 3.17. The first kappa shape index (κ1) is 14.9. The van der Waals surface area contributed by atoms with Crippen LogP contribution in [-0.4, -0.2) is 10.9 Å². The number of nitrogens with zero attached hydrogens (tertiary/aromatic N) is 1. The van der Waals surface area contributed by atoms with Crippen LogP contribution in [0.25, 0.3) is 10.4 Å². The summed E-state index contributed by atoms with van der Waals surface area (Å²) in [6, 6.07) is 12.1. The van der Waals surface area contributed by atoms with E-state index in [1.54, 1.807) is 6.20 Å². The minimum atomic E-state index is -0.0762. The summed E-state index contributed by atoms with van der Waals surface area (Å²) in [6.45, 7) is 4.19. The maximum absolute atomic E-state index is 12.4. The van der Waals surface area contributed by atoms with Crippen molar-refractivity contribution in [3.05, 3.63) is 58.4 Å². The van der Waals surface area contributed by atoms with Crippen molar-refractivity contribution in [3.8, 4) is 10.4 Å². The van der Waals surface area contributed by atoms with Crippen LogP contribution in [0.3, 0.4) is 0 Å². The number of thiazole rings is 1. The number of nitrogens with one attached hydrogen (secondary N) is 1. The fraction of sp³-hybridized carbons (Fsp3) is 0.176. The summed E-state index contributed by atoms with van der Waals surface area (Å²) in [5.41, 5.74) is 2.20. The normalized spacial score (nSPS) is 10.9. The Labute approximate surface area is 137 Å². The van der Waals surface area contributed by atoms with Gasteiger partial charge in [0.05, 0.1) is 9.75 Å². The number of amides is 1. The molecule has 0 aliphatic rings. The van der Waals surface area contributed by atoms with E-state index in [0.29, 0.717) is 11.0 Å². The molecular weight excluding hydrogens is 312 g/mol. The standard InChI is InChI=1S/C17H16N2OS2/c1-11(2)13-8-9-21-15(13)16(20)19-17-18-10-14(22-17)12-6-4-3-5-7-12/h3-11H,1-2H3,(H,18,19,20). The molecule has 0 atom stereocenters. The molecule has 5 heteroatoms. The molecule has 3 nitrogen and oxygen atoms in total. The fourth-order valence-corrected chi connectivity index (χ4v) is 3.95. The Morgan fingerprint density at radius 3 is 2.68 bits per heavy atom. The van der Waals surface area contributed by atoms with E-state index in [1.807, 2.05) is 41.8 Å². The fourth-order valence-electron chi connectivity index (χ4n) is 2.18. The van der Waals surface area contributed by atoms with Gasteiger partial charge in [-0.2, -0.15) is 0 Å². The Hall–Kier alpha value is -1.98. The summed E-state index contributed by atoms with van der Waals surface area (Å²) in [7, 11) is 0. The van der Waals surface area contributed by atoms with Crippen molar-refractivity contribution in [2.45, 2.75) is 19.8 Å². The van der Waals surface area contributed by atoms with E-state index in [9.17, 15) is 4.79 Å².